The Balaban J connectivity index is 1.33. The zero-order valence-electron chi connectivity index (χ0n) is 19.9. The molecule has 2 bridgehead atoms. The zero-order chi connectivity index (χ0) is 23.4. The summed E-state index contributed by atoms with van der Waals surface area (Å²) in [6.45, 7) is 3.14. The lowest BCUT2D eigenvalue weighted by Crippen LogP contribution is -2.69. The first kappa shape index (κ1) is 21.6. The predicted molar refractivity (Wildman–Crippen MR) is 132 cm³/mol. The van der Waals surface area contributed by atoms with Crippen LogP contribution in [0.4, 0.5) is 0 Å². The topological polar surface area (TPSA) is 49.9 Å². The number of nitrogens with zero attached hydrogens (tertiary/aromatic N) is 2. The molecule has 4 aliphatic rings. The zero-order valence-corrected chi connectivity index (χ0v) is 19.9. The standard InChI is InChI=1S/C29H32N2O3/c1-19(32)18-31-16-15-29-22-12-13-23(30(2)26(33)14-11-20-7-4-3-5-8-20)28(29)34-25-10-6-9-21(27(25)29)17-24(22)31/h3-11,14,22-24,28H,12-13,15-18H2,1-2H3/t22-,23-,24+,28-,29-/m0/s1. The lowest BCUT2D eigenvalue weighted by molar-refractivity contribution is -0.136. The van der Waals surface area contributed by atoms with Crippen molar-refractivity contribution in [1.82, 2.24) is 9.80 Å². The Morgan fingerprint density at radius 3 is 2.76 bits per heavy atom. The van der Waals surface area contributed by atoms with Gasteiger partial charge in [0.2, 0.25) is 5.91 Å². The average Bonchev–Trinajstić information content (AvgIpc) is 3.18. The van der Waals surface area contributed by atoms with Crippen LogP contribution in [0.3, 0.4) is 0 Å². The van der Waals surface area contributed by atoms with E-state index in [1.807, 2.05) is 48.4 Å². The van der Waals surface area contributed by atoms with Crippen LogP contribution in [0.1, 0.15) is 42.9 Å². The van der Waals surface area contributed by atoms with Crippen molar-refractivity contribution in [2.75, 3.05) is 20.1 Å². The van der Waals surface area contributed by atoms with Gasteiger partial charge in [-0.3, -0.25) is 14.5 Å². The maximum atomic E-state index is 13.2. The van der Waals surface area contributed by atoms with Crippen LogP contribution >= 0.6 is 0 Å². The van der Waals surface area contributed by atoms with Gasteiger partial charge in [0.05, 0.1) is 12.6 Å². The summed E-state index contributed by atoms with van der Waals surface area (Å²) in [6, 6.07) is 16.8. The molecule has 176 valence electrons. The van der Waals surface area contributed by atoms with Crippen LogP contribution in [0.5, 0.6) is 5.75 Å². The summed E-state index contributed by atoms with van der Waals surface area (Å²) in [4.78, 5) is 29.6. The van der Waals surface area contributed by atoms with Crippen LogP contribution in [0, 0.1) is 5.92 Å². The molecule has 1 saturated heterocycles. The number of benzene rings is 2. The molecule has 5 heteroatoms. The van der Waals surface area contributed by atoms with E-state index in [0.29, 0.717) is 18.5 Å². The first-order valence-corrected chi connectivity index (χ1v) is 12.5. The smallest absolute Gasteiger partial charge is 0.246 e. The van der Waals surface area contributed by atoms with Crippen LogP contribution in [-0.2, 0) is 21.4 Å². The molecule has 0 N–H and O–H groups in total. The van der Waals surface area contributed by atoms with Gasteiger partial charge in [-0.15, -0.1) is 0 Å². The number of likely N-dealkylation sites (tertiary alicyclic amines) is 1. The highest BCUT2D eigenvalue weighted by Crippen LogP contribution is 2.62. The SMILES string of the molecule is CC(=O)CN1CC[C@]23c4c5cccc4O[C@H]2[C@@H](N(C)C(=O)C=Cc2ccccc2)CC[C@H]3[C@H]1C5. The van der Waals surface area contributed by atoms with Gasteiger partial charge in [-0.2, -0.15) is 0 Å². The molecule has 0 aromatic heterocycles. The quantitative estimate of drug-likeness (QED) is 0.642. The molecule has 6 rings (SSSR count). The van der Waals surface area contributed by atoms with Gasteiger partial charge in [0.1, 0.15) is 17.6 Å². The van der Waals surface area contributed by atoms with Crippen LogP contribution in [0.15, 0.2) is 54.6 Å². The Hall–Kier alpha value is -2.92. The van der Waals surface area contributed by atoms with Crippen LogP contribution in [-0.4, -0.2) is 59.8 Å². The Morgan fingerprint density at radius 2 is 1.97 bits per heavy atom. The second-order valence-electron chi connectivity index (χ2n) is 10.5. The third kappa shape index (κ3) is 3.17. The molecular formula is C29H32N2O3. The lowest BCUT2D eigenvalue weighted by atomic mass is 9.51. The third-order valence-corrected chi connectivity index (χ3v) is 8.79. The number of likely N-dealkylation sites (N-methyl/N-ethyl adjacent to an activating group) is 1. The molecule has 1 spiro atoms. The average molecular weight is 457 g/mol. The minimum Gasteiger partial charge on any atom is -0.487 e. The predicted octanol–water partition coefficient (Wildman–Crippen LogP) is 3.86. The fourth-order valence-electron chi connectivity index (χ4n) is 7.46. The Labute approximate surface area is 201 Å². The van der Waals surface area contributed by atoms with Crippen molar-refractivity contribution in [3.8, 4) is 5.75 Å². The van der Waals surface area contributed by atoms with Crippen molar-refractivity contribution in [1.29, 1.82) is 0 Å². The lowest BCUT2D eigenvalue weighted by Gasteiger charge is -2.60. The molecule has 2 fully saturated rings. The highest BCUT2D eigenvalue weighted by atomic mass is 16.5. The Morgan fingerprint density at radius 1 is 1.15 bits per heavy atom. The number of ether oxygens (including phenoxy) is 1. The van der Waals surface area contributed by atoms with Gasteiger partial charge in [0.25, 0.3) is 0 Å². The molecule has 34 heavy (non-hydrogen) atoms. The fraction of sp³-hybridized carbons (Fsp3) is 0.448. The summed E-state index contributed by atoms with van der Waals surface area (Å²) in [5.41, 5.74) is 3.72. The molecule has 0 radical (unpaired) electrons. The Kier molecular flexibility index (Phi) is 5.14. The first-order chi connectivity index (χ1) is 16.5. The van der Waals surface area contributed by atoms with Gasteiger partial charge in [-0.1, -0.05) is 42.5 Å². The van der Waals surface area contributed by atoms with E-state index in [9.17, 15) is 9.59 Å². The van der Waals surface area contributed by atoms with Gasteiger partial charge >= 0.3 is 0 Å². The molecule has 0 unspecified atom stereocenters. The van der Waals surface area contributed by atoms with Crippen molar-refractivity contribution < 1.29 is 14.3 Å². The number of amides is 1. The van der Waals surface area contributed by atoms with E-state index in [-0.39, 0.29) is 29.3 Å². The van der Waals surface area contributed by atoms with E-state index in [4.69, 9.17) is 4.74 Å². The second kappa shape index (κ2) is 8.09. The van der Waals surface area contributed by atoms with Gasteiger partial charge in [-0.25, -0.2) is 0 Å². The Bertz CT molecular complexity index is 1160. The van der Waals surface area contributed by atoms with Crippen LogP contribution in [0.25, 0.3) is 6.08 Å². The number of hydrogen-bond donors (Lipinski definition) is 0. The van der Waals surface area contributed by atoms with Gasteiger partial charge in [0.15, 0.2) is 0 Å². The van der Waals surface area contributed by atoms with E-state index in [2.05, 4.69) is 23.1 Å². The maximum Gasteiger partial charge on any atom is 0.246 e. The third-order valence-electron chi connectivity index (χ3n) is 8.79. The number of hydrogen-bond acceptors (Lipinski definition) is 4. The van der Waals surface area contributed by atoms with E-state index in [0.717, 1.165) is 43.5 Å². The summed E-state index contributed by atoms with van der Waals surface area (Å²) in [5, 5.41) is 0. The molecule has 2 aliphatic heterocycles. The minimum atomic E-state index is -0.0667. The van der Waals surface area contributed by atoms with Crippen molar-refractivity contribution in [2.45, 2.75) is 56.2 Å². The summed E-state index contributed by atoms with van der Waals surface area (Å²) in [7, 11) is 1.93. The highest BCUT2D eigenvalue weighted by Gasteiger charge is 2.65. The number of ketones is 1. The van der Waals surface area contributed by atoms with Crippen LogP contribution in [0.2, 0.25) is 0 Å². The van der Waals surface area contributed by atoms with E-state index in [1.165, 1.54) is 11.1 Å². The molecule has 2 heterocycles. The van der Waals surface area contributed by atoms with Crippen molar-refractivity contribution >= 4 is 17.8 Å². The summed E-state index contributed by atoms with van der Waals surface area (Å²) in [5.74, 6) is 1.73. The minimum absolute atomic E-state index is 0.0184. The summed E-state index contributed by atoms with van der Waals surface area (Å²) < 4.78 is 6.74. The normalized spacial score (nSPS) is 31.1. The summed E-state index contributed by atoms with van der Waals surface area (Å²) >= 11 is 0. The highest BCUT2D eigenvalue weighted by molar-refractivity contribution is 5.92. The van der Waals surface area contributed by atoms with Gasteiger partial charge in [-0.05, 0) is 68.3 Å². The number of Topliss-reactive ketones (excluding diaryl/α,β-unsaturated/α-hetero) is 1. The molecular weight excluding hydrogens is 424 g/mol. The van der Waals surface area contributed by atoms with Crippen LogP contribution < -0.4 is 4.74 Å². The monoisotopic (exact) mass is 456 g/mol. The fourth-order valence-corrected chi connectivity index (χ4v) is 7.46. The molecule has 5 atom stereocenters. The molecule has 1 saturated carbocycles. The number of carbonyl (C=O) groups excluding carboxylic acids is 2. The number of rotatable bonds is 5. The van der Waals surface area contributed by atoms with E-state index < -0.39 is 0 Å². The molecule has 5 nitrogen and oxygen atoms in total. The molecule has 1 amide bonds. The van der Waals surface area contributed by atoms with E-state index >= 15 is 0 Å². The largest absolute Gasteiger partial charge is 0.487 e. The van der Waals surface area contributed by atoms with Gasteiger partial charge < -0.3 is 9.64 Å². The van der Waals surface area contributed by atoms with E-state index in [1.54, 1.807) is 13.0 Å². The molecule has 2 aromatic carbocycles. The van der Waals surface area contributed by atoms with Crippen molar-refractivity contribution in [2.24, 2.45) is 5.92 Å². The second-order valence-corrected chi connectivity index (χ2v) is 10.5. The van der Waals surface area contributed by atoms with Crippen molar-refractivity contribution in [3.05, 3.63) is 71.3 Å². The van der Waals surface area contributed by atoms with Gasteiger partial charge in [0, 0.05) is 30.1 Å². The maximum absolute atomic E-state index is 13.2. The number of carbonyl (C=O) groups is 2. The summed E-state index contributed by atoms with van der Waals surface area (Å²) in [6.07, 6.45) is 7.48. The first-order valence-electron chi connectivity index (χ1n) is 12.5. The number of piperidine rings is 1. The van der Waals surface area contributed by atoms with Crippen molar-refractivity contribution in [3.63, 3.8) is 0 Å². The molecule has 2 aliphatic carbocycles. The molecule has 2 aromatic rings.